The predicted molar refractivity (Wildman–Crippen MR) is 98.3 cm³/mol. The zero-order valence-corrected chi connectivity index (χ0v) is 15.9. The van der Waals surface area contributed by atoms with E-state index in [1.54, 1.807) is 6.20 Å². The third-order valence-corrected chi connectivity index (χ3v) is 4.70. The molecular formula is C17H21ClN6O2. The number of cyclic esters (lactones) is 1. The van der Waals surface area contributed by atoms with Gasteiger partial charge in [0.1, 0.15) is 12.9 Å². The number of nitrogens with zero attached hydrogens (tertiary/aromatic N) is 5. The Morgan fingerprint density at radius 3 is 2.77 bits per heavy atom. The number of anilines is 2. The van der Waals surface area contributed by atoms with Crippen LogP contribution in [0, 0.1) is 12.8 Å². The van der Waals surface area contributed by atoms with Crippen molar-refractivity contribution < 1.29 is 9.53 Å². The number of rotatable bonds is 5. The number of nitrogens with one attached hydrogen (secondary N) is 1. The topological polar surface area (TPSA) is 93.1 Å². The van der Waals surface area contributed by atoms with E-state index >= 15 is 0 Å². The van der Waals surface area contributed by atoms with Crippen LogP contribution in [0.2, 0.25) is 5.02 Å². The van der Waals surface area contributed by atoms with Crippen molar-refractivity contribution in [2.24, 2.45) is 5.92 Å². The standard InChI is InChI=1S/C17H21ClN6O2/c1-9(2)14-7-26-17(25)24(14)16-21-8-20-15(23-16)22-11(4)13-5-10(3)12(18)6-19-13/h5-6,8-9,11,14H,7H2,1-4H3,(H,20,21,22,23)/t11-,14+/m0/s1. The first kappa shape index (κ1) is 18.3. The molecule has 1 N–H and O–H groups in total. The average molecular weight is 377 g/mol. The van der Waals surface area contributed by atoms with Gasteiger partial charge in [0.25, 0.3) is 0 Å². The van der Waals surface area contributed by atoms with Crippen molar-refractivity contribution in [1.82, 2.24) is 19.9 Å². The summed E-state index contributed by atoms with van der Waals surface area (Å²) in [6.45, 7) is 8.25. The quantitative estimate of drug-likeness (QED) is 0.854. The van der Waals surface area contributed by atoms with E-state index in [9.17, 15) is 4.79 Å². The van der Waals surface area contributed by atoms with E-state index in [-0.39, 0.29) is 23.9 Å². The van der Waals surface area contributed by atoms with E-state index in [1.165, 1.54) is 11.2 Å². The summed E-state index contributed by atoms with van der Waals surface area (Å²) in [5, 5.41) is 3.80. The van der Waals surface area contributed by atoms with Crippen LogP contribution in [-0.2, 0) is 4.74 Å². The first-order valence-corrected chi connectivity index (χ1v) is 8.78. The first-order chi connectivity index (χ1) is 12.4. The molecule has 1 aliphatic heterocycles. The van der Waals surface area contributed by atoms with Gasteiger partial charge in [0, 0.05) is 6.20 Å². The molecule has 2 atom stereocenters. The monoisotopic (exact) mass is 376 g/mol. The smallest absolute Gasteiger partial charge is 0.417 e. The number of carbonyl (C=O) groups is 1. The molecule has 1 fully saturated rings. The SMILES string of the molecule is Cc1cc([C@H](C)Nc2ncnc(N3C(=O)OC[C@@H]3C(C)C)n2)ncc1Cl. The fourth-order valence-electron chi connectivity index (χ4n) is 2.70. The highest BCUT2D eigenvalue weighted by Gasteiger charge is 2.38. The molecule has 2 aromatic heterocycles. The van der Waals surface area contributed by atoms with Crippen LogP contribution < -0.4 is 10.2 Å². The van der Waals surface area contributed by atoms with Crippen molar-refractivity contribution in [2.45, 2.75) is 39.8 Å². The van der Waals surface area contributed by atoms with Gasteiger partial charge in [0.15, 0.2) is 0 Å². The highest BCUT2D eigenvalue weighted by molar-refractivity contribution is 6.31. The van der Waals surface area contributed by atoms with E-state index in [4.69, 9.17) is 16.3 Å². The van der Waals surface area contributed by atoms with E-state index in [0.717, 1.165) is 11.3 Å². The Kier molecular flexibility index (Phi) is 5.22. The normalized spacial score (nSPS) is 18.2. The molecule has 9 heteroatoms. The Labute approximate surface area is 157 Å². The molecule has 1 saturated heterocycles. The van der Waals surface area contributed by atoms with Crippen LogP contribution in [0.1, 0.15) is 38.1 Å². The van der Waals surface area contributed by atoms with Crippen LogP contribution in [0.5, 0.6) is 0 Å². The number of hydrogen-bond acceptors (Lipinski definition) is 7. The summed E-state index contributed by atoms with van der Waals surface area (Å²) < 4.78 is 5.15. The van der Waals surface area contributed by atoms with Gasteiger partial charge < -0.3 is 10.1 Å². The fraction of sp³-hybridized carbons (Fsp3) is 0.471. The van der Waals surface area contributed by atoms with E-state index in [2.05, 4.69) is 25.3 Å². The molecule has 0 bridgehead atoms. The largest absolute Gasteiger partial charge is 0.447 e. The maximum Gasteiger partial charge on any atom is 0.417 e. The third kappa shape index (κ3) is 3.70. The second-order valence-electron chi connectivity index (χ2n) is 6.59. The molecule has 138 valence electrons. The van der Waals surface area contributed by atoms with Crippen LogP contribution >= 0.6 is 11.6 Å². The number of aryl methyl sites for hydroxylation is 1. The molecule has 26 heavy (non-hydrogen) atoms. The lowest BCUT2D eigenvalue weighted by Crippen LogP contribution is -2.38. The van der Waals surface area contributed by atoms with Gasteiger partial charge in [-0.25, -0.2) is 19.7 Å². The summed E-state index contributed by atoms with van der Waals surface area (Å²) in [5.74, 6) is 0.852. The summed E-state index contributed by atoms with van der Waals surface area (Å²) in [4.78, 5) is 30.6. The van der Waals surface area contributed by atoms with Gasteiger partial charge in [-0.1, -0.05) is 25.4 Å². The second-order valence-corrected chi connectivity index (χ2v) is 7.00. The van der Waals surface area contributed by atoms with E-state index in [0.29, 0.717) is 17.6 Å². The summed E-state index contributed by atoms with van der Waals surface area (Å²) in [7, 11) is 0. The number of ether oxygens (including phenoxy) is 1. The van der Waals surface area contributed by atoms with Crippen molar-refractivity contribution in [3.8, 4) is 0 Å². The van der Waals surface area contributed by atoms with Gasteiger partial charge in [-0.3, -0.25) is 4.98 Å². The Bertz CT molecular complexity index is 816. The molecule has 0 saturated carbocycles. The molecule has 2 aromatic rings. The van der Waals surface area contributed by atoms with Crippen molar-refractivity contribution in [2.75, 3.05) is 16.8 Å². The number of carbonyl (C=O) groups excluding carboxylic acids is 1. The molecule has 1 amide bonds. The molecular weight excluding hydrogens is 356 g/mol. The van der Waals surface area contributed by atoms with Crippen LogP contribution in [0.15, 0.2) is 18.6 Å². The summed E-state index contributed by atoms with van der Waals surface area (Å²) in [6.07, 6.45) is 2.56. The zero-order chi connectivity index (χ0) is 18.8. The lowest BCUT2D eigenvalue weighted by molar-refractivity contribution is 0.177. The number of pyridine rings is 1. The van der Waals surface area contributed by atoms with Gasteiger partial charge in [0.2, 0.25) is 11.9 Å². The molecule has 3 rings (SSSR count). The maximum absolute atomic E-state index is 12.1. The highest BCUT2D eigenvalue weighted by Crippen LogP contribution is 2.25. The van der Waals surface area contributed by atoms with Crippen LogP contribution in [0.3, 0.4) is 0 Å². The lowest BCUT2D eigenvalue weighted by atomic mass is 10.1. The number of amides is 1. The van der Waals surface area contributed by atoms with Gasteiger partial charge in [-0.2, -0.15) is 4.98 Å². The van der Waals surface area contributed by atoms with Gasteiger partial charge in [0.05, 0.1) is 22.8 Å². The predicted octanol–water partition coefficient (Wildman–Crippen LogP) is 3.38. The number of hydrogen-bond donors (Lipinski definition) is 1. The molecule has 8 nitrogen and oxygen atoms in total. The van der Waals surface area contributed by atoms with Crippen LogP contribution in [0.25, 0.3) is 0 Å². The minimum absolute atomic E-state index is 0.101. The number of halogens is 1. The van der Waals surface area contributed by atoms with Crippen LogP contribution in [-0.4, -0.2) is 38.7 Å². The Morgan fingerprint density at radius 2 is 2.08 bits per heavy atom. The minimum atomic E-state index is -0.441. The molecule has 1 aliphatic rings. The summed E-state index contributed by atoms with van der Waals surface area (Å²) in [6, 6.07) is 1.66. The van der Waals surface area contributed by atoms with Gasteiger partial charge in [-0.05, 0) is 31.4 Å². The van der Waals surface area contributed by atoms with Gasteiger partial charge in [-0.15, -0.1) is 0 Å². The van der Waals surface area contributed by atoms with Crippen molar-refractivity contribution >= 4 is 29.6 Å². The molecule has 0 aliphatic carbocycles. The van der Waals surface area contributed by atoms with Crippen LogP contribution in [0.4, 0.5) is 16.7 Å². The molecule has 0 aromatic carbocycles. The first-order valence-electron chi connectivity index (χ1n) is 8.40. The van der Waals surface area contributed by atoms with Crippen molar-refractivity contribution in [3.63, 3.8) is 0 Å². The zero-order valence-electron chi connectivity index (χ0n) is 15.1. The van der Waals surface area contributed by atoms with E-state index in [1.807, 2.05) is 33.8 Å². The Hall–Kier alpha value is -2.48. The maximum atomic E-state index is 12.1. The van der Waals surface area contributed by atoms with E-state index < -0.39 is 6.09 Å². The molecule has 3 heterocycles. The number of aromatic nitrogens is 4. The second kappa shape index (κ2) is 7.41. The minimum Gasteiger partial charge on any atom is -0.447 e. The fourth-order valence-corrected chi connectivity index (χ4v) is 2.80. The summed E-state index contributed by atoms with van der Waals surface area (Å²) >= 11 is 6.03. The Balaban J connectivity index is 1.81. The van der Waals surface area contributed by atoms with Gasteiger partial charge >= 0.3 is 6.09 Å². The van der Waals surface area contributed by atoms with Crippen molar-refractivity contribution in [1.29, 1.82) is 0 Å². The van der Waals surface area contributed by atoms with Crippen molar-refractivity contribution in [3.05, 3.63) is 34.9 Å². The third-order valence-electron chi connectivity index (χ3n) is 4.31. The highest BCUT2D eigenvalue weighted by atomic mass is 35.5. The molecule has 0 spiro atoms. The molecule has 0 unspecified atom stereocenters. The molecule has 0 radical (unpaired) electrons. The Morgan fingerprint density at radius 1 is 1.31 bits per heavy atom. The average Bonchev–Trinajstić information content (AvgIpc) is 2.99. The lowest BCUT2D eigenvalue weighted by Gasteiger charge is -2.22. The summed E-state index contributed by atoms with van der Waals surface area (Å²) in [5.41, 5.74) is 1.76.